The number of aromatic amines is 1. The summed E-state index contributed by atoms with van der Waals surface area (Å²) in [5.41, 5.74) is 1.42. The van der Waals surface area contributed by atoms with Gasteiger partial charge >= 0.3 is 5.97 Å². The Morgan fingerprint density at radius 3 is 2.70 bits per heavy atom. The van der Waals surface area contributed by atoms with Crippen LogP contribution in [-0.2, 0) is 16.1 Å². The molecule has 0 radical (unpaired) electrons. The topological polar surface area (TPSA) is 93.3 Å². The zero-order valence-corrected chi connectivity index (χ0v) is 13.1. The van der Waals surface area contributed by atoms with Gasteiger partial charge in [0.2, 0.25) is 5.95 Å². The number of ether oxygens (including phenoxy) is 2. The Kier molecular flexibility index (Phi) is 5.87. The zero-order valence-electron chi connectivity index (χ0n) is 13.1. The average molecular weight is 317 g/mol. The Bertz CT molecular complexity index is 710. The number of hydrogen-bond donors (Lipinski definition) is 2. The molecule has 0 aliphatic carbocycles. The van der Waals surface area contributed by atoms with E-state index in [9.17, 15) is 9.59 Å². The Morgan fingerprint density at radius 1 is 1.30 bits per heavy atom. The lowest BCUT2D eigenvalue weighted by atomic mass is 10.2. The van der Waals surface area contributed by atoms with E-state index < -0.39 is 0 Å². The second-order valence-corrected chi connectivity index (χ2v) is 4.86. The first-order valence-electron chi connectivity index (χ1n) is 7.25. The number of hydrogen-bond acceptors (Lipinski definition) is 6. The monoisotopic (exact) mass is 317 g/mol. The molecule has 122 valence electrons. The summed E-state index contributed by atoms with van der Waals surface area (Å²) in [6.07, 6.45) is 0.780. The minimum Gasteiger partial charge on any atom is -0.462 e. The van der Waals surface area contributed by atoms with Crippen molar-refractivity contribution in [2.75, 3.05) is 19.0 Å². The number of benzene rings is 1. The summed E-state index contributed by atoms with van der Waals surface area (Å²) in [5, 5.41) is 2.98. The van der Waals surface area contributed by atoms with Gasteiger partial charge in [-0.1, -0.05) is 6.92 Å². The second kappa shape index (κ2) is 8.09. The molecule has 0 aliphatic rings. The predicted molar refractivity (Wildman–Crippen MR) is 85.9 cm³/mol. The van der Waals surface area contributed by atoms with E-state index in [-0.39, 0.29) is 18.1 Å². The highest BCUT2D eigenvalue weighted by molar-refractivity contribution is 5.89. The summed E-state index contributed by atoms with van der Waals surface area (Å²) >= 11 is 0. The van der Waals surface area contributed by atoms with E-state index in [0.29, 0.717) is 29.5 Å². The maximum atomic E-state index is 11.7. The van der Waals surface area contributed by atoms with Gasteiger partial charge in [-0.15, -0.1) is 0 Å². The fourth-order valence-electron chi connectivity index (χ4n) is 1.89. The second-order valence-electron chi connectivity index (χ2n) is 4.86. The maximum Gasteiger partial charge on any atom is 0.338 e. The van der Waals surface area contributed by atoms with Crippen molar-refractivity contribution in [1.29, 1.82) is 0 Å². The molecular weight excluding hydrogens is 298 g/mol. The van der Waals surface area contributed by atoms with Crippen molar-refractivity contribution in [2.45, 2.75) is 20.0 Å². The highest BCUT2D eigenvalue weighted by atomic mass is 16.5. The highest BCUT2D eigenvalue weighted by Crippen LogP contribution is 2.14. The lowest BCUT2D eigenvalue weighted by Crippen LogP contribution is -2.12. The van der Waals surface area contributed by atoms with Gasteiger partial charge in [0.1, 0.15) is 0 Å². The van der Waals surface area contributed by atoms with E-state index >= 15 is 0 Å². The molecule has 0 amide bonds. The number of aromatic nitrogens is 2. The van der Waals surface area contributed by atoms with E-state index in [1.54, 1.807) is 24.3 Å². The van der Waals surface area contributed by atoms with Gasteiger partial charge in [0.25, 0.3) is 5.56 Å². The highest BCUT2D eigenvalue weighted by Gasteiger charge is 2.07. The van der Waals surface area contributed by atoms with Gasteiger partial charge in [0.05, 0.1) is 24.5 Å². The molecule has 2 rings (SSSR count). The van der Waals surface area contributed by atoms with Crippen molar-refractivity contribution in [2.24, 2.45) is 0 Å². The molecule has 1 aromatic heterocycles. The normalized spacial score (nSPS) is 10.3. The SMILES string of the molecule is CCCOC(=O)c1ccc(Nc2nc(COC)cc(=O)[nH]2)cc1. The van der Waals surface area contributed by atoms with Crippen LogP contribution in [0.1, 0.15) is 29.4 Å². The lowest BCUT2D eigenvalue weighted by molar-refractivity contribution is 0.0505. The minimum atomic E-state index is -0.355. The summed E-state index contributed by atoms with van der Waals surface area (Å²) in [5.74, 6) is -0.0436. The maximum absolute atomic E-state index is 11.7. The van der Waals surface area contributed by atoms with Gasteiger partial charge in [-0.05, 0) is 30.7 Å². The largest absolute Gasteiger partial charge is 0.462 e. The van der Waals surface area contributed by atoms with Crippen LogP contribution in [0.3, 0.4) is 0 Å². The van der Waals surface area contributed by atoms with Crippen molar-refractivity contribution in [3.05, 3.63) is 51.9 Å². The van der Waals surface area contributed by atoms with Crippen LogP contribution in [0.25, 0.3) is 0 Å². The molecule has 2 N–H and O–H groups in total. The molecule has 0 unspecified atom stereocenters. The number of methoxy groups -OCH3 is 1. The first-order chi connectivity index (χ1) is 11.1. The summed E-state index contributed by atoms with van der Waals surface area (Å²) < 4.78 is 10.0. The third-order valence-electron chi connectivity index (χ3n) is 2.91. The van der Waals surface area contributed by atoms with Crippen LogP contribution in [0.15, 0.2) is 35.1 Å². The van der Waals surface area contributed by atoms with Crippen LogP contribution in [0.5, 0.6) is 0 Å². The van der Waals surface area contributed by atoms with E-state index in [1.165, 1.54) is 13.2 Å². The predicted octanol–water partition coefficient (Wildman–Crippen LogP) is 2.23. The van der Waals surface area contributed by atoms with Crippen LogP contribution >= 0.6 is 0 Å². The lowest BCUT2D eigenvalue weighted by Gasteiger charge is -2.08. The summed E-state index contributed by atoms with van der Waals surface area (Å²) in [4.78, 5) is 30.1. The van der Waals surface area contributed by atoms with Crippen LogP contribution in [0.2, 0.25) is 0 Å². The van der Waals surface area contributed by atoms with Gasteiger partial charge in [-0.25, -0.2) is 9.78 Å². The van der Waals surface area contributed by atoms with Crippen molar-refractivity contribution in [3.8, 4) is 0 Å². The molecule has 2 aromatic rings. The van der Waals surface area contributed by atoms with Gasteiger partial charge in [0.15, 0.2) is 0 Å². The Balaban J connectivity index is 2.09. The zero-order chi connectivity index (χ0) is 16.7. The van der Waals surface area contributed by atoms with Crippen molar-refractivity contribution >= 4 is 17.6 Å². The molecule has 7 nitrogen and oxygen atoms in total. The molecule has 1 heterocycles. The van der Waals surface area contributed by atoms with E-state index in [2.05, 4.69) is 15.3 Å². The molecule has 0 atom stereocenters. The van der Waals surface area contributed by atoms with Gasteiger partial charge in [-0.2, -0.15) is 0 Å². The van der Waals surface area contributed by atoms with E-state index in [0.717, 1.165) is 6.42 Å². The van der Waals surface area contributed by atoms with E-state index in [4.69, 9.17) is 9.47 Å². The fourth-order valence-corrected chi connectivity index (χ4v) is 1.89. The number of carbonyl (C=O) groups is 1. The van der Waals surface area contributed by atoms with Crippen molar-refractivity contribution < 1.29 is 14.3 Å². The van der Waals surface area contributed by atoms with Gasteiger partial charge < -0.3 is 14.8 Å². The number of carbonyl (C=O) groups excluding carboxylic acids is 1. The van der Waals surface area contributed by atoms with Crippen molar-refractivity contribution in [1.82, 2.24) is 9.97 Å². The number of anilines is 2. The third-order valence-corrected chi connectivity index (χ3v) is 2.91. The number of nitrogens with zero attached hydrogens (tertiary/aromatic N) is 1. The van der Waals surface area contributed by atoms with Crippen LogP contribution in [0.4, 0.5) is 11.6 Å². The summed E-state index contributed by atoms with van der Waals surface area (Å²) in [7, 11) is 1.53. The van der Waals surface area contributed by atoms with Crippen molar-refractivity contribution in [3.63, 3.8) is 0 Å². The standard InChI is InChI=1S/C16H19N3O4/c1-3-8-23-15(21)11-4-6-12(7-5-11)17-16-18-13(10-22-2)9-14(20)19-16/h4-7,9H,3,8,10H2,1-2H3,(H2,17,18,19,20). The van der Waals surface area contributed by atoms with Gasteiger partial charge in [0, 0.05) is 18.9 Å². The third kappa shape index (κ3) is 4.93. The Morgan fingerprint density at radius 2 is 2.04 bits per heavy atom. The molecular formula is C16H19N3O4. The molecule has 23 heavy (non-hydrogen) atoms. The van der Waals surface area contributed by atoms with E-state index in [1.807, 2.05) is 6.92 Å². The summed E-state index contributed by atoms with van der Waals surface area (Å²) in [6, 6.07) is 8.10. The molecule has 0 bridgehead atoms. The number of esters is 1. The summed E-state index contributed by atoms with van der Waals surface area (Å²) in [6.45, 7) is 2.59. The quantitative estimate of drug-likeness (QED) is 0.761. The number of H-pyrrole nitrogens is 1. The molecule has 1 aromatic carbocycles. The molecule has 7 heteroatoms. The van der Waals surface area contributed by atoms with Crippen LogP contribution < -0.4 is 10.9 Å². The Labute approximate surface area is 133 Å². The molecule has 0 saturated carbocycles. The number of rotatable bonds is 7. The molecule has 0 fully saturated rings. The Hall–Kier alpha value is -2.67. The first kappa shape index (κ1) is 16.7. The number of nitrogens with one attached hydrogen (secondary N) is 2. The molecule has 0 spiro atoms. The minimum absolute atomic E-state index is 0.251. The fraction of sp³-hybridized carbons (Fsp3) is 0.312. The smallest absolute Gasteiger partial charge is 0.338 e. The average Bonchev–Trinajstić information content (AvgIpc) is 2.53. The first-order valence-corrected chi connectivity index (χ1v) is 7.25. The molecule has 0 saturated heterocycles. The van der Waals surface area contributed by atoms with Crippen LogP contribution in [-0.4, -0.2) is 29.7 Å². The van der Waals surface area contributed by atoms with Gasteiger partial charge in [-0.3, -0.25) is 9.78 Å². The molecule has 0 aliphatic heterocycles. The van der Waals surface area contributed by atoms with Crippen LogP contribution in [0, 0.1) is 0 Å².